The third kappa shape index (κ3) is 4.01. The highest BCUT2D eigenvalue weighted by atomic mass is 32.2. The summed E-state index contributed by atoms with van der Waals surface area (Å²) in [4.78, 5) is 37.6. The molecular weight excluding hydrogens is 386 g/mol. The van der Waals surface area contributed by atoms with Crippen molar-refractivity contribution in [1.29, 1.82) is 0 Å². The van der Waals surface area contributed by atoms with Crippen LogP contribution in [-0.4, -0.2) is 30.9 Å². The maximum absolute atomic E-state index is 12.7. The molecule has 0 fully saturated rings. The first-order valence-corrected chi connectivity index (χ1v) is 9.78. The number of aromatic nitrogens is 4. The average Bonchev–Trinajstić information content (AvgIpc) is 3.08. The lowest BCUT2D eigenvalue weighted by Gasteiger charge is -2.14. The first-order valence-electron chi connectivity index (χ1n) is 7.97. The lowest BCUT2D eigenvalue weighted by molar-refractivity contribution is 0.102. The van der Waals surface area contributed by atoms with Gasteiger partial charge in [-0.2, -0.15) is 0 Å². The Labute approximate surface area is 162 Å². The third-order valence-corrected chi connectivity index (χ3v) is 5.85. The summed E-state index contributed by atoms with van der Waals surface area (Å²) in [6.07, 6.45) is 0. The first kappa shape index (κ1) is 19.1. The first-order chi connectivity index (χ1) is 12.9. The number of thioether (sulfide) groups is 1. The molecule has 0 amide bonds. The molecule has 2 heterocycles. The Balaban J connectivity index is 1.95. The van der Waals surface area contributed by atoms with Gasteiger partial charge in [0.15, 0.2) is 10.1 Å². The number of anilines is 1. The quantitative estimate of drug-likeness (QED) is 0.488. The van der Waals surface area contributed by atoms with Gasteiger partial charge in [-0.1, -0.05) is 53.4 Å². The van der Waals surface area contributed by atoms with Crippen LogP contribution in [0.25, 0.3) is 0 Å². The molecule has 8 nitrogen and oxygen atoms in total. The van der Waals surface area contributed by atoms with Crippen LogP contribution in [0.5, 0.6) is 0 Å². The summed E-state index contributed by atoms with van der Waals surface area (Å²) in [6.45, 7) is 1.99. The zero-order valence-electron chi connectivity index (χ0n) is 14.7. The minimum Gasteiger partial charge on any atom is -0.384 e. The van der Waals surface area contributed by atoms with Crippen molar-refractivity contribution in [3.8, 4) is 0 Å². The van der Waals surface area contributed by atoms with Gasteiger partial charge in [0.05, 0.1) is 12.3 Å². The van der Waals surface area contributed by atoms with E-state index in [2.05, 4.69) is 10.2 Å². The molecule has 0 aliphatic rings. The van der Waals surface area contributed by atoms with Crippen LogP contribution in [0.15, 0.2) is 44.3 Å². The number of nitrogens with two attached hydrogens (primary N) is 1. The van der Waals surface area contributed by atoms with Crippen LogP contribution in [0, 0.1) is 6.92 Å². The maximum atomic E-state index is 12.7. The van der Waals surface area contributed by atoms with Gasteiger partial charge in [0.25, 0.3) is 5.56 Å². The SMILES string of the molecule is Cc1nnc(SCC(=O)c2c(N)n(Cc3ccccc3)c(=O)n(C)c2=O)s1. The van der Waals surface area contributed by atoms with E-state index in [1.165, 1.54) is 34.7 Å². The van der Waals surface area contributed by atoms with Gasteiger partial charge in [-0.25, -0.2) is 4.79 Å². The standard InChI is InChI=1S/C17H17N5O3S2/c1-10-19-20-16(27-10)26-9-12(23)13-14(18)22(17(25)21(2)15(13)24)8-11-6-4-3-5-7-11/h3-7H,8-9,18H2,1-2H3. The lowest BCUT2D eigenvalue weighted by atomic mass is 10.2. The molecule has 3 rings (SSSR count). The monoisotopic (exact) mass is 403 g/mol. The van der Waals surface area contributed by atoms with Crippen LogP contribution in [0.3, 0.4) is 0 Å². The Bertz CT molecular complexity index is 1100. The molecule has 0 unspecified atom stereocenters. The number of Topliss-reactive ketones (excluding diaryl/α,β-unsaturated/α-hetero) is 1. The number of aryl methyl sites for hydroxylation is 1. The largest absolute Gasteiger partial charge is 0.384 e. The molecule has 0 bridgehead atoms. The van der Waals surface area contributed by atoms with Crippen LogP contribution in [0.4, 0.5) is 5.82 Å². The minimum absolute atomic E-state index is 0.0163. The highest BCUT2D eigenvalue weighted by Crippen LogP contribution is 2.23. The van der Waals surface area contributed by atoms with Crippen LogP contribution in [0.2, 0.25) is 0 Å². The number of ketones is 1. The van der Waals surface area contributed by atoms with Crippen molar-refractivity contribution in [1.82, 2.24) is 19.3 Å². The molecule has 0 spiro atoms. The summed E-state index contributed by atoms with van der Waals surface area (Å²) < 4.78 is 2.78. The number of nitrogen functional groups attached to an aromatic ring is 1. The van der Waals surface area contributed by atoms with Crippen molar-refractivity contribution in [3.63, 3.8) is 0 Å². The topological polar surface area (TPSA) is 113 Å². The van der Waals surface area contributed by atoms with Crippen molar-refractivity contribution in [2.45, 2.75) is 17.8 Å². The lowest BCUT2D eigenvalue weighted by Crippen LogP contribution is -2.43. The fourth-order valence-corrected chi connectivity index (χ4v) is 4.19. The second-order valence-corrected chi connectivity index (χ2v) is 8.18. The van der Waals surface area contributed by atoms with Crippen molar-refractivity contribution in [3.05, 3.63) is 67.3 Å². The van der Waals surface area contributed by atoms with Crippen LogP contribution in [0.1, 0.15) is 20.9 Å². The number of hydrogen-bond acceptors (Lipinski definition) is 8. The molecule has 140 valence electrons. The van der Waals surface area contributed by atoms with Crippen LogP contribution < -0.4 is 17.0 Å². The summed E-state index contributed by atoms with van der Waals surface area (Å²) in [5.41, 5.74) is 5.47. The average molecular weight is 403 g/mol. The summed E-state index contributed by atoms with van der Waals surface area (Å²) in [7, 11) is 1.34. The summed E-state index contributed by atoms with van der Waals surface area (Å²) in [6, 6.07) is 9.21. The van der Waals surface area contributed by atoms with E-state index in [1.807, 2.05) is 37.3 Å². The van der Waals surface area contributed by atoms with Gasteiger partial charge < -0.3 is 5.73 Å². The van der Waals surface area contributed by atoms with Crippen molar-refractivity contribution in [2.24, 2.45) is 7.05 Å². The highest BCUT2D eigenvalue weighted by molar-refractivity contribution is 8.01. The molecule has 27 heavy (non-hydrogen) atoms. The van der Waals surface area contributed by atoms with Gasteiger partial charge in [-0.05, 0) is 12.5 Å². The zero-order valence-corrected chi connectivity index (χ0v) is 16.3. The maximum Gasteiger partial charge on any atom is 0.332 e. The molecule has 0 aliphatic carbocycles. The van der Waals surface area contributed by atoms with Gasteiger partial charge >= 0.3 is 5.69 Å². The van der Waals surface area contributed by atoms with Crippen molar-refractivity contribution in [2.75, 3.05) is 11.5 Å². The molecule has 0 radical (unpaired) electrons. The van der Waals surface area contributed by atoms with E-state index < -0.39 is 17.0 Å². The number of carbonyl (C=O) groups excluding carboxylic acids is 1. The van der Waals surface area contributed by atoms with Crippen LogP contribution in [-0.2, 0) is 13.6 Å². The van der Waals surface area contributed by atoms with Crippen molar-refractivity contribution < 1.29 is 4.79 Å². The Morgan fingerprint density at radius 1 is 1.22 bits per heavy atom. The predicted octanol–water partition coefficient (Wildman–Crippen LogP) is 1.31. The third-order valence-electron chi connectivity index (χ3n) is 3.88. The molecule has 0 atom stereocenters. The van der Waals surface area contributed by atoms with Gasteiger partial charge in [0.1, 0.15) is 16.4 Å². The number of carbonyl (C=O) groups is 1. The number of rotatable bonds is 6. The molecule has 2 N–H and O–H groups in total. The smallest absolute Gasteiger partial charge is 0.332 e. The minimum atomic E-state index is -0.694. The summed E-state index contributed by atoms with van der Waals surface area (Å²) in [5.74, 6) is -0.587. The molecule has 0 saturated heterocycles. The van der Waals surface area contributed by atoms with Crippen LogP contribution >= 0.6 is 23.1 Å². The molecule has 10 heteroatoms. The van der Waals surface area contributed by atoms with Gasteiger partial charge in [-0.15, -0.1) is 10.2 Å². The van der Waals surface area contributed by atoms with Crippen molar-refractivity contribution >= 4 is 34.7 Å². The van der Waals surface area contributed by atoms with Gasteiger partial charge in [0, 0.05) is 7.05 Å². The Morgan fingerprint density at radius 3 is 2.56 bits per heavy atom. The molecule has 3 aromatic rings. The van der Waals surface area contributed by atoms with E-state index >= 15 is 0 Å². The molecule has 2 aromatic heterocycles. The molecule has 1 aromatic carbocycles. The Kier molecular flexibility index (Phi) is 5.57. The van der Waals surface area contributed by atoms with Gasteiger partial charge in [-0.3, -0.25) is 18.7 Å². The van der Waals surface area contributed by atoms with E-state index in [9.17, 15) is 14.4 Å². The molecule has 0 saturated carbocycles. The number of hydrogen-bond donors (Lipinski definition) is 1. The fourth-order valence-electron chi connectivity index (χ4n) is 2.50. The second-order valence-electron chi connectivity index (χ2n) is 5.78. The van der Waals surface area contributed by atoms with E-state index in [0.717, 1.165) is 15.1 Å². The Hall–Kier alpha value is -2.72. The van der Waals surface area contributed by atoms with E-state index in [4.69, 9.17) is 5.73 Å². The predicted molar refractivity (Wildman–Crippen MR) is 106 cm³/mol. The number of benzene rings is 1. The molecule has 0 aliphatic heterocycles. The highest BCUT2D eigenvalue weighted by Gasteiger charge is 2.22. The number of nitrogens with zero attached hydrogens (tertiary/aromatic N) is 4. The fraction of sp³-hybridized carbons (Fsp3) is 0.235. The Morgan fingerprint density at radius 2 is 1.93 bits per heavy atom. The van der Waals surface area contributed by atoms with E-state index in [-0.39, 0.29) is 23.7 Å². The second kappa shape index (κ2) is 7.89. The zero-order chi connectivity index (χ0) is 19.6. The van der Waals surface area contributed by atoms with Gasteiger partial charge in [0.2, 0.25) is 0 Å². The summed E-state index contributed by atoms with van der Waals surface area (Å²) >= 11 is 2.55. The van der Waals surface area contributed by atoms with E-state index in [0.29, 0.717) is 4.34 Å². The molecular formula is C17H17N5O3S2. The van der Waals surface area contributed by atoms with E-state index in [1.54, 1.807) is 0 Å². The summed E-state index contributed by atoms with van der Waals surface area (Å²) in [5, 5.41) is 8.62. The normalized spacial score (nSPS) is 10.9.